The highest BCUT2D eigenvalue weighted by molar-refractivity contribution is 5.72. The minimum Gasteiger partial charge on any atom is -0.379 e. The van der Waals surface area contributed by atoms with Crippen molar-refractivity contribution in [1.29, 1.82) is 0 Å². The summed E-state index contributed by atoms with van der Waals surface area (Å²) in [5.74, 6) is 0.744. The first-order chi connectivity index (χ1) is 14.3. The molecule has 1 aliphatic heterocycles. The van der Waals surface area contributed by atoms with E-state index in [1.54, 1.807) is 6.20 Å². The van der Waals surface area contributed by atoms with Crippen molar-refractivity contribution >= 4 is 11.3 Å². The van der Waals surface area contributed by atoms with E-state index < -0.39 is 0 Å². The van der Waals surface area contributed by atoms with E-state index in [0.717, 1.165) is 61.1 Å². The second kappa shape index (κ2) is 7.69. The summed E-state index contributed by atoms with van der Waals surface area (Å²) < 4.78 is 7.56. The number of imidazole rings is 1. The second-order valence-corrected chi connectivity index (χ2v) is 7.23. The predicted octanol–water partition coefficient (Wildman–Crippen LogP) is 2.17. The molecule has 9 nitrogen and oxygen atoms in total. The molecule has 3 aromatic heterocycles. The molecule has 148 valence electrons. The van der Waals surface area contributed by atoms with Gasteiger partial charge in [-0.05, 0) is 6.92 Å². The van der Waals surface area contributed by atoms with E-state index in [1.807, 2.05) is 30.6 Å². The summed E-state index contributed by atoms with van der Waals surface area (Å²) in [6.07, 6.45) is 5.12. The average Bonchev–Trinajstić information content (AvgIpc) is 3.44. The van der Waals surface area contributed by atoms with Crippen LogP contribution in [0.15, 0.2) is 43.1 Å². The predicted molar refractivity (Wildman–Crippen MR) is 108 cm³/mol. The van der Waals surface area contributed by atoms with Crippen LogP contribution < -0.4 is 0 Å². The van der Waals surface area contributed by atoms with Crippen molar-refractivity contribution in [1.82, 2.24) is 39.6 Å². The standard InChI is InChI=1S/C20H22N8O/c1-14(11-27-6-8-29-9-7-27)28-13-23-19-20(28)25-17(10-21-19)15-2-4-16(5-3-15)18-22-12-24-26-18/h2-5,10,12-14H,6-9,11H2,1H3,(H,22,24,26). The Morgan fingerprint density at radius 1 is 1.07 bits per heavy atom. The number of H-pyrrole nitrogens is 1. The number of nitrogens with one attached hydrogen (secondary N) is 1. The third-order valence-electron chi connectivity index (χ3n) is 5.25. The molecule has 1 fully saturated rings. The first-order valence-electron chi connectivity index (χ1n) is 9.74. The van der Waals surface area contributed by atoms with Crippen molar-refractivity contribution in [3.05, 3.63) is 43.1 Å². The molecule has 0 radical (unpaired) electrons. The van der Waals surface area contributed by atoms with Crippen LogP contribution in [0.1, 0.15) is 13.0 Å². The molecule has 0 aliphatic carbocycles. The molecule has 1 unspecified atom stereocenters. The van der Waals surface area contributed by atoms with E-state index in [9.17, 15) is 0 Å². The molecule has 1 saturated heterocycles. The molecular formula is C20H22N8O. The van der Waals surface area contributed by atoms with Gasteiger partial charge in [0.05, 0.1) is 31.4 Å². The molecule has 1 atom stereocenters. The SMILES string of the molecule is CC(CN1CCOCC1)n1cnc2ncc(-c3ccc(-c4ncn[nH]4)cc3)nc21. The van der Waals surface area contributed by atoms with Gasteiger partial charge in [0.25, 0.3) is 0 Å². The summed E-state index contributed by atoms with van der Waals surface area (Å²) >= 11 is 0. The van der Waals surface area contributed by atoms with E-state index in [4.69, 9.17) is 9.72 Å². The van der Waals surface area contributed by atoms with Crippen LogP contribution in [0.3, 0.4) is 0 Å². The van der Waals surface area contributed by atoms with Crippen molar-refractivity contribution in [2.75, 3.05) is 32.8 Å². The first kappa shape index (κ1) is 17.9. The zero-order valence-corrected chi connectivity index (χ0v) is 16.2. The molecule has 5 rings (SSSR count). The van der Waals surface area contributed by atoms with Crippen molar-refractivity contribution in [2.24, 2.45) is 0 Å². The lowest BCUT2D eigenvalue weighted by Gasteiger charge is -2.29. The number of aromatic nitrogens is 7. The Morgan fingerprint density at radius 2 is 1.86 bits per heavy atom. The Morgan fingerprint density at radius 3 is 2.62 bits per heavy atom. The molecule has 29 heavy (non-hydrogen) atoms. The van der Waals surface area contributed by atoms with Crippen molar-refractivity contribution in [3.63, 3.8) is 0 Å². The van der Waals surface area contributed by atoms with Crippen LogP contribution in [-0.4, -0.2) is 72.4 Å². The van der Waals surface area contributed by atoms with Gasteiger partial charge in [0.1, 0.15) is 6.33 Å². The number of hydrogen-bond acceptors (Lipinski definition) is 7. The molecule has 4 aromatic rings. The summed E-state index contributed by atoms with van der Waals surface area (Å²) in [5.41, 5.74) is 4.27. The summed E-state index contributed by atoms with van der Waals surface area (Å²) in [6.45, 7) is 6.65. The quantitative estimate of drug-likeness (QED) is 0.558. The maximum atomic E-state index is 5.45. The lowest BCUT2D eigenvalue weighted by Crippen LogP contribution is -2.39. The summed E-state index contributed by atoms with van der Waals surface area (Å²) in [7, 11) is 0. The van der Waals surface area contributed by atoms with Crippen molar-refractivity contribution < 1.29 is 4.74 Å². The fraction of sp³-hybridized carbons (Fsp3) is 0.350. The Balaban J connectivity index is 1.41. The molecule has 4 heterocycles. The number of rotatable bonds is 5. The number of hydrogen-bond donors (Lipinski definition) is 1. The van der Waals surface area contributed by atoms with Gasteiger partial charge in [-0.2, -0.15) is 5.10 Å². The van der Waals surface area contributed by atoms with Crippen LogP contribution in [0.4, 0.5) is 0 Å². The molecule has 1 aliphatic rings. The minimum atomic E-state index is 0.247. The number of fused-ring (bicyclic) bond motifs is 1. The normalized spacial score (nSPS) is 16.3. The Labute approximate surface area is 167 Å². The monoisotopic (exact) mass is 390 g/mol. The van der Waals surface area contributed by atoms with Crippen molar-refractivity contribution in [2.45, 2.75) is 13.0 Å². The number of nitrogens with zero attached hydrogens (tertiary/aromatic N) is 7. The van der Waals surface area contributed by atoms with Crippen LogP contribution in [0.25, 0.3) is 33.9 Å². The Kier molecular flexibility index (Phi) is 4.74. The van der Waals surface area contributed by atoms with Gasteiger partial charge in [-0.3, -0.25) is 10.00 Å². The van der Waals surface area contributed by atoms with Gasteiger partial charge < -0.3 is 9.30 Å². The van der Waals surface area contributed by atoms with Gasteiger partial charge in [0, 0.05) is 36.8 Å². The van der Waals surface area contributed by atoms with E-state index in [2.05, 4.69) is 41.5 Å². The lowest BCUT2D eigenvalue weighted by atomic mass is 10.1. The van der Waals surface area contributed by atoms with Gasteiger partial charge >= 0.3 is 0 Å². The summed E-state index contributed by atoms with van der Waals surface area (Å²) in [5, 5.41) is 6.77. The van der Waals surface area contributed by atoms with Gasteiger partial charge in [0.2, 0.25) is 0 Å². The summed E-state index contributed by atoms with van der Waals surface area (Å²) in [6, 6.07) is 8.29. The minimum absolute atomic E-state index is 0.247. The van der Waals surface area contributed by atoms with Crippen LogP contribution in [-0.2, 0) is 4.74 Å². The third kappa shape index (κ3) is 3.62. The fourth-order valence-corrected chi connectivity index (χ4v) is 3.66. The largest absolute Gasteiger partial charge is 0.379 e. The molecule has 1 aromatic carbocycles. The van der Waals surface area contributed by atoms with Gasteiger partial charge in [-0.25, -0.2) is 19.9 Å². The highest BCUT2D eigenvalue weighted by Gasteiger charge is 2.18. The third-order valence-corrected chi connectivity index (χ3v) is 5.25. The number of morpholine rings is 1. The maximum Gasteiger partial charge on any atom is 0.197 e. The molecule has 1 N–H and O–H groups in total. The number of aromatic amines is 1. The van der Waals surface area contributed by atoms with Crippen LogP contribution in [0.2, 0.25) is 0 Å². The summed E-state index contributed by atoms with van der Waals surface area (Å²) in [4.78, 5) is 20.4. The topological polar surface area (TPSA) is 97.6 Å². The van der Waals surface area contributed by atoms with E-state index in [1.165, 1.54) is 6.33 Å². The fourth-order valence-electron chi connectivity index (χ4n) is 3.66. The van der Waals surface area contributed by atoms with Gasteiger partial charge in [0.15, 0.2) is 17.1 Å². The van der Waals surface area contributed by atoms with Crippen molar-refractivity contribution in [3.8, 4) is 22.6 Å². The average molecular weight is 390 g/mol. The highest BCUT2D eigenvalue weighted by Crippen LogP contribution is 2.23. The Bertz CT molecular complexity index is 1080. The number of ether oxygens (including phenoxy) is 1. The molecular weight excluding hydrogens is 368 g/mol. The molecule has 9 heteroatoms. The number of benzene rings is 1. The smallest absolute Gasteiger partial charge is 0.197 e. The molecule has 0 saturated carbocycles. The van der Waals surface area contributed by atoms with E-state index in [0.29, 0.717) is 5.65 Å². The van der Waals surface area contributed by atoms with Crippen LogP contribution in [0, 0.1) is 0 Å². The second-order valence-electron chi connectivity index (χ2n) is 7.23. The zero-order valence-electron chi connectivity index (χ0n) is 16.2. The molecule has 0 amide bonds. The highest BCUT2D eigenvalue weighted by atomic mass is 16.5. The van der Waals surface area contributed by atoms with E-state index in [-0.39, 0.29) is 6.04 Å². The Hall–Kier alpha value is -3.17. The zero-order chi connectivity index (χ0) is 19.6. The van der Waals surface area contributed by atoms with Gasteiger partial charge in [-0.1, -0.05) is 24.3 Å². The molecule has 0 bridgehead atoms. The maximum absolute atomic E-state index is 5.45. The lowest BCUT2D eigenvalue weighted by molar-refractivity contribution is 0.0327. The van der Waals surface area contributed by atoms with Crippen LogP contribution >= 0.6 is 0 Å². The molecule has 0 spiro atoms. The van der Waals surface area contributed by atoms with E-state index >= 15 is 0 Å². The van der Waals surface area contributed by atoms with Crippen LogP contribution in [0.5, 0.6) is 0 Å². The first-order valence-corrected chi connectivity index (χ1v) is 9.74. The van der Waals surface area contributed by atoms with Gasteiger partial charge in [-0.15, -0.1) is 0 Å².